The third-order valence-electron chi connectivity index (χ3n) is 2.74. The third-order valence-corrected chi connectivity index (χ3v) is 3.89. The number of hydrogen-bond acceptors (Lipinski definition) is 2. The monoisotopic (exact) mass is 377 g/mol. The van der Waals surface area contributed by atoms with Crippen LogP contribution in [0.5, 0.6) is 0 Å². The molecule has 0 aliphatic carbocycles. The number of nitrogens with one attached hydrogen (secondary N) is 1. The van der Waals surface area contributed by atoms with Crippen LogP contribution < -0.4 is 5.32 Å². The average Bonchev–Trinajstić information content (AvgIpc) is 2.27. The summed E-state index contributed by atoms with van der Waals surface area (Å²) in [7, 11) is 0. The summed E-state index contributed by atoms with van der Waals surface area (Å²) < 4.78 is 1.67. The first-order valence-corrected chi connectivity index (χ1v) is 7.41. The van der Waals surface area contributed by atoms with Crippen molar-refractivity contribution in [1.29, 1.82) is 0 Å². The van der Waals surface area contributed by atoms with Gasteiger partial charge in [-0.15, -0.1) is 0 Å². The normalized spacial score (nSPS) is 12.6. The van der Waals surface area contributed by atoms with Crippen molar-refractivity contribution in [2.45, 2.75) is 26.3 Å². The van der Waals surface area contributed by atoms with E-state index in [0.717, 1.165) is 8.95 Å². The summed E-state index contributed by atoms with van der Waals surface area (Å²) in [6.45, 7) is 4.12. The molecule has 3 nitrogen and oxygen atoms in total. The lowest BCUT2D eigenvalue weighted by Gasteiger charge is -2.21. The zero-order valence-corrected chi connectivity index (χ0v) is 13.6. The molecule has 1 rings (SSSR count). The molecule has 1 atom stereocenters. The second kappa shape index (κ2) is 7.26. The summed E-state index contributed by atoms with van der Waals surface area (Å²) in [4.78, 5) is 12.1. The van der Waals surface area contributed by atoms with Gasteiger partial charge in [-0.05, 0) is 46.5 Å². The fourth-order valence-electron chi connectivity index (χ4n) is 1.63. The highest BCUT2D eigenvalue weighted by molar-refractivity contribution is 9.11. The van der Waals surface area contributed by atoms with E-state index in [1.807, 2.05) is 26.0 Å². The summed E-state index contributed by atoms with van der Waals surface area (Å²) in [6.07, 6.45) is 0.567. The van der Waals surface area contributed by atoms with E-state index in [9.17, 15) is 4.79 Å². The lowest BCUT2D eigenvalue weighted by molar-refractivity contribution is 0.0916. The fourth-order valence-corrected chi connectivity index (χ4v) is 2.86. The number of hydrogen-bond donors (Lipinski definition) is 2. The molecule has 0 bridgehead atoms. The minimum Gasteiger partial charge on any atom is -0.396 e. The van der Waals surface area contributed by atoms with Gasteiger partial charge < -0.3 is 10.4 Å². The number of carbonyl (C=O) groups excluding carboxylic acids is 1. The van der Waals surface area contributed by atoms with Gasteiger partial charge in [-0.25, -0.2) is 0 Å². The third kappa shape index (κ3) is 4.37. The fraction of sp³-hybridized carbons (Fsp3) is 0.462. The molecule has 100 valence electrons. The van der Waals surface area contributed by atoms with E-state index in [1.54, 1.807) is 6.07 Å². The Hall–Kier alpha value is -0.390. The second-order valence-corrected chi connectivity index (χ2v) is 6.23. The quantitative estimate of drug-likeness (QED) is 0.825. The van der Waals surface area contributed by atoms with Crippen LogP contribution in [0.25, 0.3) is 0 Å². The maximum Gasteiger partial charge on any atom is 0.252 e. The molecule has 0 saturated heterocycles. The van der Waals surface area contributed by atoms with Crippen molar-refractivity contribution in [3.63, 3.8) is 0 Å². The molecule has 2 N–H and O–H groups in total. The van der Waals surface area contributed by atoms with E-state index < -0.39 is 0 Å². The Bertz CT molecular complexity index is 421. The van der Waals surface area contributed by atoms with Crippen LogP contribution in [0.3, 0.4) is 0 Å². The predicted octanol–water partition coefficient (Wildman–Crippen LogP) is 3.35. The van der Waals surface area contributed by atoms with Crippen molar-refractivity contribution < 1.29 is 9.90 Å². The molecule has 18 heavy (non-hydrogen) atoms. The largest absolute Gasteiger partial charge is 0.396 e. The van der Waals surface area contributed by atoms with E-state index in [4.69, 9.17) is 5.11 Å². The predicted molar refractivity (Wildman–Crippen MR) is 79.6 cm³/mol. The van der Waals surface area contributed by atoms with Gasteiger partial charge in [-0.1, -0.05) is 29.8 Å². The minimum absolute atomic E-state index is 0.0157. The molecule has 0 heterocycles. The van der Waals surface area contributed by atoms with Crippen molar-refractivity contribution in [1.82, 2.24) is 5.32 Å². The molecule has 1 unspecified atom stereocenters. The van der Waals surface area contributed by atoms with E-state index in [-0.39, 0.29) is 24.5 Å². The number of carbonyl (C=O) groups is 1. The van der Waals surface area contributed by atoms with Gasteiger partial charge >= 0.3 is 0 Å². The first-order valence-electron chi connectivity index (χ1n) is 5.82. The summed E-state index contributed by atoms with van der Waals surface area (Å²) >= 11 is 6.72. The molecule has 5 heteroatoms. The molecule has 0 aromatic heterocycles. The highest BCUT2D eigenvalue weighted by atomic mass is 79.9. The molecular formula is C13H17Br2NO2. The lowest BCUT2D eigenvalue weighted by Crippen LogP contribution is -2.39. The van der Waals surface area contributed by atoms with Crippen molar-refractivity contribution in [3.8, 4) is 0 Å². The summed E-state index contributed by atoms with van der Waals surface area (Å²) in [5.74, 6) is 0.164. The van der Waals surface area contributed by atoms with Crippen LogP contribution in [-0.4, -0.2) is 23.7 Å². The maximum absolute atomic E-state index is 12.1. The Morgan fingerprint density at radius 2 is 2.06 bits per heavy atom. The molecule has 0 radical (unpaired) electrons. The van der Waals surface area contributed by atoms with Gasteiger partial charge in [0, 0.05) is 21.6 Å². The van der Waals surface area contributed by atoms with Gasteiger partial charge in [0.15, 0.2) is 0 Å². The molecule has 1 amide bonds. The summed E-state index contributed by atoms with van der Waals surface area (Å²) in [6, 6.07) is 5.42. The van der Waals surface area contributed by atoms with Gasteiger partial charge in [0.1, 0.15) is 0 Å². The molecule has 0 fully saturated rings. The SMILES string of the molecule is CC(C)C(CCO)NC(=O)c1ccc(Br)cc1Br. The summed E-state index contributed by atoms with van der Waals surface area (Å²) in [5, 5.41) is 11.9. The van der Waals surface area contributed by atoms with Crippen molar-refractivity contribution in [3.05, 3.63) is 32.7 Å². The number of amides is 1. The maximum atomic E-state index is 12.1. The van der Waals surface area contributed by atoms with Crippen molar-refractivity contribution >= 4 is 37.8 Å². The van der Waals surface area contributed by atoms with Crippen LogP contribution in [0.2, 0.25) is 0 Å². The first-order chi connectivity index (χ1) is 8.45. The van der Waals surface area contributed by atoms with Gasteiger partial charge in [-0.3, -0.25) is 4.79 Å². The van der Waals surface area contributed by atoms with Gasteiger partial charge in [0.25, 0.3) is 5.91 Å². The zero-order valence-electron chi connectivity index (χ0n) is 10.4. The molecule has 0 spiro atoms. The minimum atomic E-state index is -0.124. The van der Waals surface area contributed by atoms with Crippen molar-refractivity contribution in [2.24, 2.45) is 5.92 Å². The number of rotatable bonds is 5. The molecule has 1 aromatic rings. The molecule has 0 saturated carbocycles. The number of benzene rings is 1. The van der Waals surface area contributed by atoms with Gasteiger partial charge in [-0.2, -0.15) is 0 Å². The second-order valence-electron chi connectivity index (χ2n) is 4.46. The zero-order chi connectivity index (χ0) is 13.7. The molecule has 0 aliphatic rings. The molecule has 0 aliphatic heterocycles. The Balaban J connectivity index is 2.80. The van der Waals surface area contributed by atoms with Crippen LogP contribution >= 0.6 is 31.9 Å². The number of aliphatic hydroxyl groups is 1. The highest BCUT2D eigenvalue weighted by Crippen LogP contribution is 2.22. The van der Waals surface area contributed by atoms with E-state index in [2.05, 4.69) is 37.2 Å². The Morgan fingerprint density at radius 1 is 1.39 bits per heavy atom. The topological polar surface area (TPSA) is 49.3 Å². The van der Waals surface area contributed by atoms with E-state index >= 15 is 0 Å². The Morgan fingerprint density at radius 3 is 2.56 bits per heavy atom. The van der Waals surface area contributed by atoms with Gasteiger partial charge in [0.2, 0.25) is 0 Å². The van der Waals surface area contributed by atoms with Crippen LogP contribution in [-0.2, 0) is 0 Å². The van der Waals surface area contributed by atoms with Gasteiger partial charge in [0.05, 0.1) is 5.56 Å². The van der Waals surface area contributed by atoms with Crippen LogP contribution in [0.4, 0.5) is 0 Å². The summed E-state index contributed by atoms with van der Waals surface area (Å²) in [5.41, 5.74) is 0.599. The van der Waals surface area contributed by atoms with Crippen LogP contribution in [0.15, 0.2) is 27.1 Å². The first kappa shape index (κ1) is 15.7. The lowest BCUT2D eigenvalue weighted by atomic mass is 10.0. The Kier molecular flexibility index (Phi) is 6.32. The molecular weight excluding hydrogens is 362 g/mol. The highest BCUT2D eigenvalue weighted by Gasteiger charge is 2.18. The Labute approximate surface area is 124 Å². The smallest absolute Gasteiger partial charge is 0.252 e. The molecule has 1 aromatic carbocycles. The van der Waals surface area contributed by atoms with E-state index in [1.165, 1.54) is 0 Å². The van der Waals surface area contributed by atoms with Crippen LogP contribution in [0.1, 0.15) is 30.6 Å². The van der Waals surface area contributed by atoms with E-state index in [0.29, 0.717) is 12.0 Å². The van der Waals surface area contributed by atoms with Crippen LogP contribution in [0, 0.1) is 5.92 Å². The standard InChI is InChI=1S/C13H17Br2NO2/c1-8(2)12(5-6-17)16-13(18)10-4-3-9(14)7-11(10)15/h3-4,7-8,12,17H,5-6H2,1-2H3,(H,16,18). The number of halogens is 2. The number of aliphatic hydroxyl groups excluding tert-OH is 1. The average molecular weight is 379 g/mol. The van der Waals surface area contributed by atoms with Crippen molar-refractivity contribution in [2.75, 3.05) is 6.61 Å².